The van der Waals surface area contributed by atoms with Crippen LogP contribution < -0.4 is 5.46 Å². The van der Waals surface area contributed by atoms with Crippen LogP contribution in [0.4, 0.5) is 0 Å². The highest BCUT2D eigenvalue weighted by atomic mass is 16.6. The molecular weight excluding hydrogens is 439 g/mol. The summed E-state index contributed by atoms with van der Waals surface area (Å²) in [7, 11) is 1.34. The minimum atomic E-state index is -0.373. The fourth-order valence-electron chi connectivity index (χ4n) is 4.88. The summed E-state index contributed by atoms with van der Waals surface area (Å²) in [6, 6.07) is 10.6. The SMILES string of the molecule is CCn1c(-c2cccnc2[C@H](C)OC)c(CC(C)(C)CO)c2cc(B3OCC(C)(C)CO3)ccc21. The number of fused-ring (bicyclic) bond motifs is 1. The van der Waals surface area contributed by atoms with Crippen LogP contribution in [-0.2, 0) is 27.0 Å². The predicted octanol–water partition coefficient (Wildman–Crippen LogP) is 4.76. The van der Waals surface area contributed by atoms with Crippen LogP contribution >= 0.6 is 0 Å². The van der Waals surface area contributed by atoms with Crippen molar-refractivity contribution in [3.63, 3.8) is 0 Å². The lowest BCUT2D eigenvalue weighted by atomic mass is 9.75. The first-order valence-corrected chi connectivity index (χ1v) is 12.6. The van der Waals surface area contributed by atoms with E-state index >= 15 is 0 Å². The lowest BCUT2D eigenvalue weighted by Crippen LogP contribution is -2.47. The Bertz CT molecular complexity index is 1180. The van der Waals surface area contributed by atoms with Gasteiger partial charge in [0.25, 0.3) is 0 Å². The Morgan fingerprint density at radius 2 is 1.94 bits per heavy atom. The third kappa shape index (κ3) is 5.19. The molecule has 1 N–H and O–H groups in total. The van der Waals surface area contributed by atoms with Crippen LogP contribution in [0.2, 0.25) is 0 Å². The second kappa shape index (κ2) is 10.1. The minimum Gasteiger partial charge on any atom is -0.407 e. The van der Waals surface area contributed by atoms with Gasteiger partial charge in [-0.1, -0.05) is 39.8 Å². The highest BCUT2D eigenvalue weighted by Crippen LogP contribution is 2.40. The molecular formula is C28H39BN2O4. The smallest absolute Gasteiger partial charge is 0.407 e. The average molecular weight is 478 g/mol. The Kier molecular flexibility index (Phi) is 7.44. The van der Waals surface area contributed by atoms with Gasteiger partial charge >= 0.3 is 7.12 Å². The molecule has 7 heteroatoms. The molecule has 2 aromatic heterocycles. The minimum absolute atomic E-state index is 0.0182. The van der Waals surface area contributed by atoms with Crippen LogP contribution in [0.3, 0.4) is 0 Å². The summed E-state index contributed by atoms with van der Waals surface area (Å²) in [6.07, 6.45) is 2.40. The zero-order valence-electron chi connectivity index (χ0n) is 22.2. The Balaban J connectivity index is 1.94. The molecule has 1 aromatic carbocycles. The second-order valence-electron chi connectivity index (χ2n) is 11.3. The van der Waals surface area contributed by atoms with Gasteiger partial charge in [-0.2, -0.15) is 0 Å². The number of rotatable bonds is 8. The zero-order chi connectivity index (χ0) is 25.4. The molecule has 0 radical (unpaired) electrons. The number of benzene rings is 1. The number of aliphatic hydroxyl groups excluding tert-OH is 1. The fraction of sp³-hybridized carbons (Fsp3) is 0.536. The van der Waals surface area contributed by atoms with Gasteiger partial charge in [-0.05, 0) is 54.9 Å². The summed E-state index contributed by atoms with van der Waals surface area (Å²) < 4.78 is 20.3. The lowest BCUT2D eigenvalue weighted by molar-refractivity contribution is 0.0343. The van der Waals surface area contributed by atoms with Crippen molar-refractivity contribution in [3.05, 3.63) is 47.8 Å². The van der Waals surface area contributed by atoms with Crippen molar-refractivity contribution in [3.8, 4) is 11.3 Å². The number of ether oxygens (including phenoxy) is 1. The molecule has 0 saturated carbocycles. The molecule has 1 fully saturated rings. The van der Waals surface area contributed by atoms with E-state index in [0.29, 0.717) is 13.2 Å². The second-order valence-corrected chi connectivity index (χ2v) is 11.3. The lowest BCUT2D eigenvalue weighted by Gasteiger charge is -2.33. The van der Waals surface area contributed by atoms with E-state index < -0.39 is 0 Å². The number of methoxy groups -OCH3 is 1. The van der Waals surface area contributed by atoms with Gasteiger partial charge in [-0.3, -0.25) is 4.98 Å². The van der Waals surface area contributed by atoms with Gasteiger partial charge in [0.1, 0.15) is 0 Å². The predicted molar refractivity (Wildman–Crippen MR) is 142 cm³/mol. The molecule has 0 bridgehead atoms. The maximum atomic E-state index is 10.2. The van der Waals surface area contributed by atoms with E-state index in [2.05, 4.69) is 63.5 Å². The molecule has 3 aromatic rings. The van der Waals surface area contributed by atoms with Crippen LogP contribution in [0, 0.1) is 10.8 Å². The third-order valence-corrected chi connectivity index (χ3v) is 6.95. The van der Waals surface area contributed by atoms with Gasteiger partial charge < -0.3 is 23.7 Å². The van der Waals surface area contributed by atoms with Gasteiger partial charge in [-0.15, -0.1) is 0 Å². The summed E-state index contributed by atoms with van der Waals surface area (Å²) in [5.74, 6) is 0. The van der Waals surface area contributed by atoms with Gasteiger partial charge in [0, 0.05) is 61.6 Å². The molecule has 0 spiro atoms. The van der Waals surface area contributed by atoms with E-state index in [9.17, 15) is 5.11 Å². The monoisotopic (exact) mass is 478 g/mol. The Hall–Kier alpha value is -2.19. The summed E-state index contributed by atoms with van der Waals surface area (Å²) in [6.45, 7) is 14.9. The summed E-state index contributed by atoms with van der Waals surface area (Å²) >= 11 is 0. The number of aromatic nitrogens is 2. The first kappa shape index (κ1) is 25.9. The van der Waals surface area contributed by atoms with Crippen LogP contribution in [-0.4, -0.2) is 48.7 Å². The molecule has 0 amide bonds. The van der Waals surface area contributed by atoms with Crippen LogP contribution in [0.1, 0.15) is 58.9 Å². The van der Waals surface area contributed by atoms with E-state index in [-0.39, 0.29) is 30.7 Å². The van der Waals surface area contributed by atoms with E-state index in [1.807, 2.05) is 19.2 Å². The first-order valence-electron chi connectivity index (χ1n) is 12.6. The summed E-state index contributed by atoms with van der Waals surface area (Å²) in [4.78, 5) is 4.71. The highest BCUT2D eigenvalue weighted by Gasteiger charge is 2.34. The van der Waals surface area contributed by atoms with Crippen molar-refractivity contribution in [1.29, 1.82) is 0 Å². The van der Waals surface area contributed by atoms with E-state index in [1.54, 1.807) is 7.11 Å². The van der Waals surface area contributed by atoms with Crippen molar-refractivity contribution >= 4 is 23.5 Å². The van der Waals surface area contributed by atoms with E-state index in [1.165, 1.54) is 5.56 Å². The zero-order valence-corrected chi connectivity index (χ0v) is 22.2. The van der Waals surface area contributed by atoms with Crippen molar-refractivity contribution in [1.82, 2.24) is 9.55 Å². The number of nitrogens with zero attached hydrogens (tertiary/aromatic N) is 2. The molecule has 6 nitrogen and oxygen atoms in total. The van der Waals surface area contributed by atoms with Crippen LogP contribution in [0.25, 0.3) is 22.2 Å². The van der Waals surface area contributed by atoms with Crippen molar-refractivity contribution in [2.75, 3.05) is 26.9 Å². The van der Waals surface area contributed by atoms with E-state index in [4.69, 9.17) is 19.0 Å². The standard InChI is InChI=1S/C28H39BN2O4/c1-8-31-24-12-11-20(29-34-17-28(5,6)18-35-29)14-22(24)23(15-27(3,4)16-32)26(31)21-10-9-13-30-25(21)19(2)33-7/h9-14,19,32H,8,15-18H2,1-7H3/t19-/m0/s1. The molecule has 0 aliphatic carbocycles. The van der Waals surface area contributed by atoms with E-state index in [0.717, 1.165) is 46.3 Å². The molecule has 1 saturated heterocycles. The van der Waals surface area contributed by atoms with Crippen molar-refractivity contribution in [2.45, 2.75) is 60.6 Å². The Labute approximate surface area is 209 Å². The molecule has 188 valence electrons. The molecule has 1 atom stereocenters. The molecule has 35 heavy (non-hydrogen) atoms. The van der Waals surface area contributed by atoms with Gasteiger partial charge in [0.05, 0.1) is 17.5 Å². The van der Waals surface area contributed by atoms with Gasteiger partial charge in [0.15, 0.2) is 0 Å². The molecule has 0 unspecified atom stereocenters. The quantitative estimate of drug-likeness (QED) is 0.473. The number of pyridine rings is 1. The van der Waals surface area contributed by atoms with Gasteiger partial charge in [0.2, 0.25) is 0 Å². The fourth-order valence-corrected chi connectivity index (χ4v) is 4.88. The summed E-state index contributed by atoms with van der Waals surface area (Å²) in [5.41, 5.74) is 6.24. The first-order chi connectivity index (χ1) is 16.6. The Morgan fingerprint density at radius 1 is 1.23 bits per heavy atom. The molecule has 1 aliphatic heterocycles. The number of hydrogen-bond donors (Lipinski definition) is 1. The largest absolute Gasteiger partial charge is 0.493 e. The topological polar surface area (TPSA) is 65.7 Å². The van der Waals surface area contributed by atoms with Crippen LogP contribution in [0.5, 0.6) is 0 Å². The third-order valence-electron chi connectivity index (χ3n) is 6.95. The normalized spacial score (nSPS) is 17.2. The number of aliphatic hydroxyl groups is 1. The van der Waals surface area contributed by atoms with Crippen molar-refractivity contribution < 1.29 is 19.2 Å². The maximum Gasteiger partial charge on any atom is 0.493 e. The Morgan fingerprint density at radius 3 is 2.57 bits per heavy atom. The highest BCUT2D eigenvalue weighted by molar-refractivity contribution is 6.61. The number of hydrogen-bond acceptors (Lipinski definition) is 5. The van der Waals surface area contributed by atoms with Gasteiger partial charge in [-0.25, -0.2) is 0 Å². The maximum absolute atomic E-state index is 10.2. The average Bonchev–Trinajstić information content (AvgIpc) is 3.15. The van der Waals surface area contributed by atoms with Crippen molar-refractivity contribution in [2.24, 2.45) is 10.8 Å². The number of aryl methyl sites for hydroxylation is 1. The van der Waals surface area contributed by atoms with Crippen LogP contribution in [0.15, 0.2) is 36.5 Å². The molecule has 3 heterocycles. The summed E-state index contributed by atoms with van der Waals surface area (Å²) in [5, 5.41) is 11.3. The molecule has 1 aliphatic rings. The molecule has 4 rings (SSSR count).